The van der Waals surface area contributed by atoms with E-state index in [-0.39, 0.29) is 24.5 Å². The van der Waals surface area contributed by atoms with Crippen molar-refractivity contribution in [2.45, 2.75) is 45.3 Å². The van der Waals surface area contributed by atoms with E-state index in [2.05, 4.69) is 10.6 Å². The van der Waals surface area contributed by atoms with Crippen LogP contribution >= 0.6 is 0 Å². The molecule has 110 valence electrons. The van der Waals surface area contributed by atoms with Crippen molar-refractivity contribution in [3.05, 3.63) is 0 Å². The first kappa shape index (κ1) is 15.9. The standard InChI is InChI=1S/C13H24N2O4/c1-3-9(2)12(13(17)18)15-11(16)8-19-10-4-6-14-7-5-10/h9-10,12,14H,3-8H2,1-2H3,(H,15,16)(H,17,18). The third-order valence-corrected chi connectivity index (χ3v) is 3.53. The van der Waals surface area contributed by atoms with E-state index in [1.807, 2.05) is 13.8 Å². The van der Waals surface area contributed by atoms with Crippen LogP contribution < -0.4 is 10.6 Å². The number of rotatable bonds is 7. The maximum absolute atomic E-state index is 11.7. The molecule has 0 bridgehead atoms. The fourth-order valence-electron chi connectivity index (χ4n) is 2.05. The molecule has 19 heavy (non-hydrogen) atoms. The van der Waals surface area contributed by atoms with Crippen LogP contribution in [0.2, 0.25) is 0 Å². The molecule has 0 spiro atoms. The molecule has 0 aliphatic carbocycles. The second kappa shape index (κ2) is 8.12. The van der Waals surface area contributed by atoms with E-state index >= 15 is 0 Å². The van der Waals surface area contributed by atoms with Crippen molar-refractivity contribution in [2.75, 3.05) is 19.7 Å². The van der Waals surface area contributed by atoms with Gasteiger partial charge in [-0.2, -0.15) is 0 Å². The lowest BCUT2D eigenvalue weighted by atomic mass is 9.99. The van der Waals surface area contributed by atoms with E-state index in [0.717, 1.165) is 25.9 Å². The summed E-state index contributed by atoms with van der Waals surface area (Å²) in [6.07, 6.45) is 2.58. The van der Waals surface area contributed by atoms with Gasteiger partial charge in [-0.3, -0.25) is 4.79 Å². The maximum atomic E-state index is 11.7. The summed E-state index contributed by atoms with van der Waals surface area (Å²) < 4.78 is 5.49. The summed E-state index contributed by atoms with van der Waals surface area (Å²) in [6.45, 7) is 5.45. The first-order valence-corrected chi connectivity index (χ1v) is 6.89. The molecule has 0 aromatic heterocycles. The van der Waals surface area contributed by atoms with E-state index < -0.39 is 12.0 Å². The Hall–Kier alpha value is -1.14. The highest BCUT2D eigenvalue weighted by Crippen LogP contribution is 2.09. The van der Waals surface area contributed by atoms with Crippen LogP contribution in [-0.4, -0.2) is 48.8 Å². The normalized spacial score (nSPS) is 19.7. The van der Waals surface area contributed by atoms with Crippen LogP contribution in [0.5, 0.6) is 0 Å². The molecule has 1 rings (SSSR count). The Morgan fingerprint density at radius 3 is 2.58 bits per heavy atom. The van der Waals surface area contributed by atoms with Gasteiger partial charge >= 0.3 is 5.97 Å². The summed E-state index contributed by atoms with van der Waals surface area (Å²) in [4.78, 5) is 22.8. The molecule has 0 aromatic carbocycles. The molecule has 0 aromatic rings. The molecule has 1 amide bonds. The summed E-state index contributed by atoms with van der Waals surface area (Å²) in [5.74, 6) is -1.45. The summed E-state index contributed by atoms with van der Waals surface area (Å²) in [6, 6.07) is -0.839. The van der Waals surface area contributed by atoms with Gasteiger partial charge in [0.05, 0.1) is 6.10 Å². The summed E-state index contributed by atoms with van der Waals surface area (Å²) in [7, 11) is 0. The van der Waals surface area contributed by atoms with Gasteiger partial charge in [0, 0.05) is 0 Å². The second-order valence-corrected chi connectivity index (χ2v) is 5.03. The highest BCUT2D eigenvalue weighted by Gasteiger charge is 2.25. The average Bonchev–Trinajstić information content (AvgIpc) is 2.42. The van der Waals surface area contributed by atoms with E-state index in [4.69, 9.17) is 9.84 Å². The minimum absolute atomic E-state index is 0.0646. The quantitative estimate of drug-likeness (QED) is 0.623. The smallest absolute Gasteiger partial charge is 0.326 e. The number of piperidine rings is 1. The zero-order valence-corrected chi connectivity index (χ0v) is 11.6. The van der Waals surface area contributed by atoms with Crippen molar-refractivity contribution < 1.29 is 19.4 Å². The Morgan fingerprint density at radius 2 is 2.05 bits per heavy atom. The maximum Gasteiger partial charge on any atom is 0.326 e. The Kier molecular flexibility index (Phi) is 6.80. The number of hydrogen-bond donors (Lipinski definition) is 3. The molecule has 1 saturated heterocycles. The van der Waals surface area contributed by atoms with Crippen molar-refractivity contribution in [1.29, 1.82) is 0 Å². The van der Waals surface area contributed by atoms with Crippen molar-refractivity contribution >= 4 is 11.9 Å². The van der Waals surface area contributed by atoms with E-state index in [9.17, 15) is 9.59 Å². The number of hydrogen-bond acceptors (Lipinski definition) is 4. The molecule has 2 unspecified atom stereocenters. The van der Waals surface area contributed by atoms with Gasteiger partial charge in [-0.15, -0.1) is 0 Å². The number of carbonyl (C=O) groups is 2. The minimum atomic E-state index is -0.996. The van der Waals surface area contributed by atoms with Gasteiger partial charge in [-0.05, 0) is 31.8 Å². The van der Waals surface area contributed by atoms with Gasteiger partial charge in [0.2, 0.25) is 5.91 Å². The molecule has 6 heteroatoms. The van der Waals surface area contributed by atoms with E-state index in [0.29, 0.717) is 6.42 Å². The fraction of sp³-hybridized carbons (Fsp3) is 0.846. The number of nitrogens with one attached hydrogen (secondary N) is 2. The zero-order chi connectivity index (χ0) is 14.3. The molecule has 1 aliphatic heterocycles. The minimum Gasteiger partial charge on any atom is -0.480 e. The lowest BCUT2D eigenvalue weighted by Gasteiger charge is -2.24. The third-order valence-electron chi connectivity index (χ3n) is 3.53. The lowest BCUT2D eigenvalue weighted by Crippen LogP contribution is -2.47. The molecule has 3 N–H and O–H groups in total. The largest absolute Gasteiger partial charge is 0.480 e. The number of ether oxygens (including phenoxy) is 1. The van der Waals surface area contributed by atoms with Crippen molar-refractivity contribution in [3.63, 3.8) is 0 Å². The van der Waals surface area contributed by atoms with E-state index in [1.165, 1.54) is 0 Å². The predicted octanol–water partition coefficient (Wildman–Crippen LogP) is 0.371. The Balaban J connectivity index is 2.33. The topological polar surface area (TPSA) is 87.7 Å². The van der Waals surface area contributed by atoms with Crippen LogP contribution in [0.25, 0.3) is 0 Å². The monoisotopic (exact) mass is 272 g/mol. The number of carboxylic acid groups (broad SMARTS) is 1. The van der Waals surface area contributed by atoms with E-state index in [1.54, 1.807) is 0 Å². The highest BCUT2D eigenvalue weighted by molar-refractivity contribution is 5.84. The Labute approximate surface area is 113 Å². The van der Waals surface area contributed by atoms with Crippen LogP contribution in [-0.2, 0) is 14.3 Å². The molecule has 6 nitrogen and oxygen atoms in total. The number of carboxylic acids is 1. The highest BCUT2D eigenvalue weighted by atomic mass is 16.5. The Morgan fingerprint density at radius 1 is 1.42 bits per heavy atom. The van der Waals surface area contributed by atoms with Gasteiger partial charge in [0.1, 0.15) is 12.6 Å². The molecule has 0 saturated carbocycles. The van der Waals surface area contributed by atoms with Gasteiger partial charge in [0.25, 0.3) is 0 Å². The number of amides is 1. The van der Waals surface area contributed by atoms with Crippen LogP contribution in [0.1, 0.15) is 33.1 Å². The fourth-order valence-corrected chi connectivity index (χ4v) is 2.05. The van der Waals surface area contributed by atoms with Gasteiger partial charge in [-0.25, -0.2) is 4.79 Å². The third kappa shape index (κ3) is 5.57. The van der Waals surface area contributed by atoms with Crippen LogP contribution in [0.15, 0.2) is 0 Å². The molecule has 1 fully saturated rings. The number of carbonyl (C=O) groups excluding carboxylic acids is 1. The van der Waals surface area contributed by atoms with Crippen LogP contribution in [0, 0.1) is 5.92 Å². The summed E-state index contributed by atoms with van der Waals surface area (Å²) >= 11 is 0. The summed E-state index contributed by atoms with van der Waals surface area (Å²) in [5, 5.41) is 14.8. The van der Waals surface area contributed by atoms with Crippen LogP contribution in [0.4, 0.5) is 0 Å². The molecule has 1 aliphatic rings. The second-order valence-electron chi connectivity index (χ2n) is 5.03. The first-order valence-electron chi connectivity index (χ1n) is 6.89. The van der Waals surface area contributed by atoms with Crippen molar-refractivity contribution in [1.82, 2.24) is 10.6 Å². The zero-order valence-electron chi connectivity index (χ0n) is 11.6. The molecule has 2 atom stereocenters. The molecular weight excluding hydrogens is 248 g/mol. The SMILES string of the molecule is CCC(C)C(NC(=O)COC1CCNCC1)C(=O)O. The van der Waals surface area contributed by atoms with Gasteiger partial charge < -0.3 is 20.5 Å². The van der Waals surface area contributed by atoms with Crippen molar-refractivity contribution in [3.8, 4) is 0 Å². The van der Waals surface area contributed by atoms with Gasteiger partial charge in [0.15, 0.2) is 0 Å². The lowest BCUT2D eigenvalue weighted by molar-refractivity contribution is -0.144. The predicted molar refractivity (Wildman–Crippen MR) is 70.9 cm³/mol. The summed E-state index contributed by atoms with van der Waals surface area (Å²) in [5.41, 5.74) is 0. The molecule has 0 radical (unpaired) electrons. The van der Waals surface area contributed by atoms with Crippen LogP contribution in [0.3, 0.4) is 0 Å². The number of aliphatic carboxylic acids is 1. The molecular formula is C13H24N2O4. The first-order chi connectivity index (χ1) is 9.04. The Bertz CT molecular complexity index is 303. The van der Waals surface area contributed by atoms with Gasteiger partial charge in [-0.1, -0.05) is 20.3 Å². The average molecular weight is 272 g/mol. The molecule has 1 heterocycles. The van der Waals surface area contributed by atoms with Crippen molar-refractivity contribution in [2.24, 2.45) is 5.92 Å².